The largest absolute Gasteiger partial charge is 0.495 e. The number of rotatable bonds is 5. The van der Waals surface area contributed by atoms with Crippen molar-refractivity contribution >= 4 is 17.3 Å². The van der Waals surface area contributed by atoms with Gasteiger partial charge in [0.2, 0.25) is 0 Å². The molecule has 1 N–H and O–H groups in total. The topological polar surface area (TPSA) is 39.1 Å². The minimum absolute atomic E-state index is 0.639. The molecule has 0 bridgehead atoms. The zero-order valence-electron chi connectivity index (χ0n) is 10.8. The summed E-state index contributed by atoms with van der Waals surface area (Å²) in [6.45, 7) is 0.715. The van der Waals surface area contributed by atoms with Crippen molar-refractivity contribution in [2.45, 2.75) is 25.4 Å². The minimum atomic E-state index is 0.639. The number of nitrogens with zero attached hydrogens (tertiary/aromatic N) is 2. The lowest BCUT2D eigenvalue weighted by Gasteiger charge is -2.12. The number of hydrogen-bond donors (Lipinski definition) is 1. The van der Waals surface area contributed by atoms with Crippen molar-refractivity contribution < 1.29 is 4.74 Å². The van der Waals surface area contributed by atoms with Crippen molar-refractivity contribution in [3.63, 3.8) is 0 Å². The molecule has 4 nitrogen and oxygen atoms in total. The van der Waals surface area contributed by atoms with E-state index >= 15 is 0 Å². The highest BCUT2D eigenvalue weighted by Crippen LogP contribution is 2.36. The van der Waals surface area contributed by atoms with Crippen LogP contribution in [-0.2, 0) is 6.54 Å². The molecule has 5 heteroatoms. The SMILES string of the molecule is COc1ccc(Cl)cc1NCc1cncn1C1CC1. The lowest BCUT2D eigenvalue weighted by atomic mass is 10.3. The summed E-state index contributed by atoms with van der Waals surface area (Å²) in [5.41, 5.74) is 2.09. The van der Waals surface area contributed by atoms with Crippen LogP contribution in [0.15, 0.2) is 30.7 Å². The van der Waals surface area contributed by atoms with Crippen LogP contribution >= 0.6 is 11.6 Å². The van der Waals surface area contributed by atoms with Crippen molar-refractivity contribution in [1.82, 2.24) is 9.55 Å². The molecule has 1 heterocycles. The van der Waals surface area contributed by atoms with Crippen LogP contribution in [0.1, 0.15) is 24.6 Å². The van der Waals surface area contributed by atoms with Crippen LogP contribution < -0.4 is 10.1 Å². The molecule has 1 fully saturated rings. The Kier molecular flexibility index (Phi) is 3.34. The monoisotopic (exact) mass is 277 g/mol. The second kappa shape index (κ2) is 5.13. The van der Waals surface area contributed by atoms with Gasteiger partial charge in [0, 0.05) is 17.3 Å². The minimum Gasteiger partial charge on any atom is -0.495 e. The molecular weight excluding hydrogens is 262 g/mol. The second-order valence-corrected chi connectivity index (χ2v) is 5.16. The average molecular weight is 278 g/mol. The summed E-state index contributed by atoms with van der Waals surface area (Å²) in [5.74, 6) is 0.793. The Morgan fingerprint density at radius 1 is 1.47 bits per heavy atom. The Labute approximate surface area is 117 Å². The summed E-state index contributed by atoms with van der Waals surface area (Å²) in [5, 5.41) is 4.05. The van der Waals surface area contributed by atoms with Gasteiger partial charge in [-0.25, -0.2) is 4.98 Å². The van der Waals surface area contributed by atoms with E-state index in [2.05, 4.69) is 14.9 Å². The summed E-state index contributed by atoms with van der Waals surface area (Å²) in [7, 11) is 1.66. The van der Waals surface area contributed by atoms with Gasteiger partial charge >= 0.3 is 0 Å². The zero-order valence-corrected chi connectivity index (χ0v) is 11.5. The first kappa shape index (κ1) is 12.4. The van der Waals surface area contributed by atoms with Crippen LogP contribution in [0.2, 0.25) is 5.02 Å². The highest BCUT2D eigenvalue weighted by molar-refractivity contribution is 6.30. The van der Waals surface area contributed by atoms with Crippen LogP contribution in [0.25, 0.3) is 0 Å². The molecule has 0 amide bonds. The molecular formula is C14H16ClN3O. The highest BCUT2D eigenvalue weighted by Gasteiger charge is 2.25. The molecule has 1 saturated carbocycles. The number of ether oxygens (including phenoxy) is 1. The predicted molar refractivity (Wildman–Crippen MR) is 75.8 cm³/mol. The summed E-state index contributed by atoms with van der Waals surface area (Å²) in [4.78, 5) is 4.22. The van der Waals surface area contributed by atoms with Gasteiger partial charge in [-0.1, -0.05) is 11.6 Å². The molecule has 1 aliphatic rings. The molecule has 3 rings (SSSR count). The van der Waals surface area contributed by atoms with Gasteiger partial charge in [-0.2, -0.15) is 0 Å². The fourth-order valence-corrected chi connectivity index (χ4v) is 2.33. The third-order valence-corrected chi connectivity index (χ3v) is 3.54. The Hall–Kier alpha value is -1.68. The summed E-state index contributed by atoms with van der Waals surface area (Å²) in [6.07, 6.45) is 6.32. The molecule has 0 spiro atoms. The van der Waals surface area contributed by atoms with Gasteiger partial charge in [0.1, 0.15) is 5.75 Å². The van der Waals surface area contributed by atoms with Gasteiger partial charge in [-0.3, -0.25) is 0 Å². The molecule has 0 aliphatic heterocycles. The van der Waals surface area contributed by atoms with Crippen LogP contribution in [-0.4, -0.2) is 16.7 Å². The van der Waals surface area contributed by atoms with Gasteiger partial charge in [-0.05, 0) is 31.0 Å². The zero-order chi connectivity index (χ0) is 13.2. The Morgan fingerprint density at radius 3 is 3.05 bits per heavy atom. The Morgan fingerprint density at radius 2 is 2.32 bits per heavy atom. The first-order valence-electron chi connectivity index (χ1n) is 6.36. The van der Waals surface area contributed by atoms with Crippen molar-refractivity contribution in [1.29, 1.82) is 0 Å². The van der Waals surface area contributed by atoms with E-state index in [1.807, 2.05) is 30.7 Å². The quantitative estimate of drug-likeness (QED) is 0.909. The van der Waals surface area contributed by atoms with Gasteiger partial charge in [0.15, 0.2) is 0 Å². The lowest BCUT2D eigenvalue weighted by Crippen LogP contribution is -2.06. The maximum Gasteiger partial charge on any atom is 0.142 e. The third-order valence-electron chi connectivity index (χ3n) is 3.31. The van der Waals surface area contributed by atoms with E-state index < -0.39 is 0 Å². The molecule has 1 aromatic heterocycles. The number of benzene rings is 1. The number of halogens is 1. The van der Waals surface area contributed by atoms with E-state index in [0.29, 0.717) is 17.6 Å². The fraction of sp³-hybridized carbons (Fsp3) is 0.357. The van der Waals surface area contributed by atoms with Gasteiger partial charge < -0.3 is 14.6 Å². The molecule has 100 valence electrons. The van der Waals surface area contributed by atoms with Crippen molar-refractivity contribution in [3.8, 4) is 5.75 Å². The molecule has 0 radical (unpaired) electrons. The molecule has 0 unspecified atom stereocenters. The van der Waals surface area contributed by atoms with Crippen LogP contribution in [0.4, 0.5) is 5.69 Å². The molecule has 0 atom stereocenters. The number of aromatic nitrogens is 2. The number of methoxy groups -OCH3 is 1. The molecule has 1 aromatic carbocycles. The summed E-state index contributed by atoms with van der Waals surface area (Å²) >= 11 is 6.01. The fourth-order valence-electron chi connectivity index (χ4n) is 2.15. The molecule has 0 saturated heterocycles. The van der Waals surface area contributed by atoms with Crippen molar-refractivity contribution in [3.05, 3.63) is 41.4 Å². The van der Waals surface area contributed by atoms with Crippen LogP contribution in [0, 0.1) is 0 Å². The lowest BCUT2D eigenvalue weighted by molar-refractivity contribution is 0.416. The first-order valence-corrected chi connectivity index (χ1v) is 6.74. The number of nitrogens with one attached hydrogen (secondary N) is 1. The molecule has 2 aromatic rings. The summed E-state index contributed by atoms with van der Waals surface area (Å²) < 4.78 is 7.56. The first-order chi connectivity index (χ1) is 9.28. The Balaban J connectivity index is 1.74. The maximum atomic E-state index is 6.01. The van der Waals surface area contributed by atoms with E-state index in [0.717, 1.165) is 11.4 Å². The van der Waals surface area contributed by atoms with Crippen LogP contribution in [0.5, 0.6) is 5.75 Å². The molecule has 19 heavy (non-hydrogen) atoms. The maximum absolute atomic E-state index is 6.01. The van der Waals surface area contributed by atoms with Gasteiger partial charge in [0.05, 0.1) is 31.4 Å². The van der Waals surface area contributed by atoms with Crippen molar-refractivity contribution in [2.75, 3.05) is 12.4 Å². The summed E-state index contributed by atoms with van der Waals surface area (Å²) in [6, 6.07) is 6.20. The standard InChI is InChI=1S/C14H16ClN3O/c1-19-14-5-2-10(15)6-13(14)17-8-12-7-16-9-18(12)11-3-4-11/h2,5-7,9,11,17H,3-4,8H2,1H3. The van der Waals surface area contributed by atoms with E-state index in [4.69, 9.17) is 16.3 Å². The molecule has 1 aliphatic carbocycles. The predicted octanol–water partition coefficient (Wildman–Crippen LogP) is 3.49. The van der Waals surface area contributed by atoms with Crippen LogP contribution in [0.3, 0.4) is 0 Å². The highest BCUT2D eigenvalue weighted by atomic mass is 35.5. The van der Waals surface area contributed by atoms with Gasteiger partial charge in [-0.15, -0.1) is 0 Å². The van der Waals surface area contributed by atoms with E-state index in [1.165, 1.54) is 18.5 Å². The van der Waals surface area contributed by atoms with E-state index in [-0.39, 0.29) is 0 Å². The van der Waals surface area contributed by atoms with E-state index in [9.17, 15) is 0 Å². The average Bonchev–Trinajstić information content (AvgIpc) is 3.15. The number of imidazole rings is 1. The van der Waals surface area contributed by atoms with Gasteiger partial charge in [0.25, 0.3) is 0 Å². The Bertz CT molecular complexity index is 578. The normalized spacial score (nSPS) is 14.4. The smallest absolute Gasteiger partial charge is 0.142 e. The number of hydrogen-bond acceptors (Lipinski definition) is 3. The van der Waals surface area contributed by atoms with Crippen molar-refractivity contribution in [2.24, 2.45) is 0 Å². The number of anilines is 1. The third kappa shape index (κ3) is 2.68. The second-order valence-electron chi connectivity index (χ2n) is 4.72. The van der Waals surface area contributed by atoms with E-state index in [1.54, 1.807) is 7.11 Å².